The zero-order valence-electron chi connectivity index (χ0n) is 12.5. The number of methoxy groups -OCH3 is 1. The largest absolute Gasteiger partial charge is 0.493 e. The number of hydrogen-bond acceptors (Lipinski definition) is 3. The summed E-state index contributed by atoms with van der Waals surface area (Å²) in [4.78, 5) is 0. The molecule has 18 heavy (non-hydrogen) atoms. The Kier molecular flexibility index (Phi) is 4.79. The van der Waals surface area contributed by atoms with Crippen molar-refractivity contribution < 1.29 is 4.74 Å². The fourth-order valence-corrected chi connectivity index (χ4v) is 2.00. The lowest BCUT2D eigenvalue weighted by Gasteiger charge is -2.22. The van der Waals surface area contributed by atoms with Crippen LogP contribution in [0.25, 0.3) is 0 Å². The van der Waals surface area contributed by atoms with Gasteiger partial charge in [0.05, 0.1) is 25.0 Å². The van der Waals surface area contributed by atoms with Gasteiger partial charge in [-0.15, -0.1) is 0 Å². The Hall–Kier alpha value is -1.03. The predicted molar refractivity (Wildman–Crippen MR) is 74.8 cm³/mol. The van der Waals surface area contributed by atoms with Gasteiger partial charge in [0.2, 0.25) is 0 Å². The molecule has 4 nitrogen and oxygen atoms in total. The first-order valence-corrected chi connectivity index (χ1v) is 6.63. The Labute approximate surface area is 111 Å². The highest BCUT2D eigenvalue weighted by Gasteiger charge is 2.22. The van der Waals surface area contributed by atoms with Crippen molar-refractivity contribution in [2.24, 2.45) is 11.1 Å². The summed E-state index contributed by atoms with van der Waals surface area (Å²) in [6, 6.07) is 0.272. The molecule has 0 saturated carbocycles. The van der Waals surface area contributed by atoms with Gasteiger partial charge in [0.1, 0.15) is 0 Å². The average Bonchev–Trinajstić information content (AvgIpc) is 2.68. The molecular weight excluding hydrogens is 226 g/mol. The average molecular weight is 253 g/mol. The first-order chi connectivity index (χ1) is 8.26. The van der Waals surface area contributed by atoms with E-state index in [1.54, 1.807) is 13.3 Å². The van der Waals surface area contributed by atoms with E-state index >= 15 is 0 Å². The van der Waals surface area contributed by atoms with Crippen molar-refractivity contribution in [3.8, 4) is 5.75 Å². The molecule has 0 aliphatic rings. The van der Waals surface area contributed by atoms with Crippen LogP contribution < -0.4 is 10.5 Å². The lowest BCUT2D eigenvalue weighted by Crippen LogP contribution is -2.20. The molecule has 0 amide bonds. The number of ether oxygens (including phenoxy) is 1. The van der Waals surface area contributed by atoms with Gasteiger partial charge in [0, 0.05) is 6.04 Å². The molecule has 0 spiro atoms. The summed E-state index contributed by atoms with van der Waals surface area (Å²) in [5.74, 6) is 0.796. The summed E-state index contributed by atoms with van der Waals surface area (Å²) in [5.41, 5.74) is 7.63. The molecule has 0 aromatic carbocycles. The number of nitrogens with two attached hydrogens (primary N) is 1. The van der Waals surface area contributed by atoms with Gasteiger partial charge in [-0.05, 0) is 32.1 Å². The number of nitrogens with zero attached hydrogens (tertiary/aromatic N) is 2. The van der Waals surface area contributed by atoms with Crippen LogP contribution in [-0.4, -0.2) is 16.9 Å². The van der Waals surface area contributed by atoms with Crippen LogP contribution in [0, 0.1) is 5.41 Å². The lowest BCUT2D eigenvalue weighted by molar-refractivity contribution is 0.336. The highest BCUT2D eigenvalue weighted by Crippen LogP contribution is 2.31. The second-order valence-electron chi connectivity index (χ2n) is 6.34. The predicted octanol–water partition coefficient (Wildman–Crippen LogP) is 3.30. The lowest BCUT2D eigenvalue weighted by atomic mass is 9.88. The molecule has 1 atom stereocenters. The Bertz CT molecular complexity index is 377. The molecule has 1 unspecified atom stereocenters. The van der Waals surface area contributed by atoms with Crippen LogP contribution in [-0.2, 0) is 0 Å². The first kappa shape index (κ1) is 15.0. The van der Waals surface area contributed by atoms with Crippen LogP contribution in [0.5, 0.6) is 5.75 Å². The van der Waals surface area contributed by atoms with Gasteiger partial charge in [-0.25, -0.2) is 0 Å². The van der Waals surface area contributed by atoms with E-state index in [1.165, 1.54) is 0 Å². The molecule has 1 aromatic rings. The van der Waals surface area contributed by atoms with Crippen LogP contribution in [0.2, 0.25) is 0 Å². The quantitative estimate of drug-likeness (QED) is 0.876. The van der Waals surface area contributed by atoms with Crippen LogP contribution in [0.3, 0.4) is 0 Å². The summed E-state index contributed by atoms with van der Waals surface area (Å²) in [6.45, 7) is 10.9. The topological polar surface area (TPSA) is 53.1 Å². The van der Waals surface area contributed by atoms with Crippen molar-refractivity contribution in [3.63, 3.8) is 0 Å². The first-order valence-electron chi connectivity index (χ1n) is 6.63. The zero-order chi connectivity index (χ0) is 13.9. The minimum atomic E-state index is -0.0240. The fourth-order valence-electron chi connectivity index (χ4n) is 2.00. The Morgan fingerprint density at radius 3 is 2.44 bits per heavy atom. The second kappa shape index (κ2) is 5.74. The molecular formula is C14H27N3O. The van der Waals surface area contributed by atoms with Crippen LogP contribution >= 0.6 is 0 Å². The summed E-state index contributed by atoms with van der Waals surface area (Å²) in [6.07, 6.45) is 3.78. The molecule has 0 radical (unpaired) electrons. The van der Waals surface area contributed by atoms with Gasteiger partial charge in [0.15, 0.2) is 5.75 Å². The van der Waals surface area contributed by atoms with Gasteiger partial charge in [-0.1, -0.05) is 20.8 Å². The van der Waals surface area contributed by atoms with E-state index < -0.39 is 0 Å². The third kappa shape index (κ3) is 3.73. The van der Waals surface area contributed by atoms with Crippen molar-refractivity contribution >= 4 is 0 Å². The number of aromatic nitrogens is 2. The third-order valence-electron chi connectivity index (χ3n) is 3.06. The molecule has 0 bridgehead atoms. The van der Waals surface area contributed by atoms with Gasteiger partial charge in [0.25, 0.3) is 0 Å². The molecule has 0 aliphatic heterocycles. The minimum absolute atomic E-state index is 0.0240. The highest BCUT2D eigenvalue weighted by atomic mass is 16.5. The number of hydrogen-bond donors (Lipinski definition) is 1. The van der Waals surface area contributed by atoms with Crippen LogP contribution in [0.1, 0.15) is 65.2 Å². The SMILES string of the molecule is COc1cnn(C(C)C)c1C(N)CCC(C)(C)C. The maximum absolute atomic E-state index is 6.32. The number of rotatable bonds is 5. The van der Waals surface area contributed by atoms with E-state index in [-0.39, 0.29) is 6.04 Å². The van der Waals surface area contributed by atoms with Crippen LogP contribution in [0.4, 0.5) is 0 Å². The molecule has 0 saturated heterocycles. The summed E-state index contributed by atoms with van der Waals surface area (Å²) < 4.78 is 7.33. The Balaban J connectivity index is 2.89. The normalized spacial score (nSPS) is 14.0. The van der Waals surface area contributed by atoms with E-state index in [2.05, 4.69) is 39.7 Å². The van der Waals surface area contributed by atoms with Gasteiger partial charge >= 0.3 is 0 Å². The smallest absolute Gasteiger partial charge is 0.161 e. The van der Waals surface area contributed by atoms with Crippen molar-refractivity contribution in [1.29, 1.82) is 0 Å². The molecule has 0 aliphatic carbocycles. The van der Waals surface area contributed by atoms with Gasteiger partial charge in [-0.3, -0.25) is 4.68 Å². The van der Waals surface area contributed by atoms with Gasteiger partial charge < -0.3 is 10.5 Å². The fraction of sp³-hybridized carbons (Fsp3) is 0.786. The highest BCUT2D eigenvalue weighted by molar-refractivity contribution is 5.28. The Morgan fingerprint density at radius 1 is 1.39 bits per heavy atom. The van der Waals surface area contributed by atoms with Crippen molar-refractivity contribution in [2.75, 3.05) is 7.11 Å². The van der Waals surface area contributed by atoms with E-state index in [0.717, 1.165) is 24.3 Å². The standard InChI is InChI=1S/C14H27N3O/c1-10(2)17-13(12(18-6)9-16-17)11(15)7-8-14(3,4)5/h9-11H,7-8,15H2,1-6H3. The summed E-state index contributed by atoms with van der Waals surface area (Å²) in [7, 11) is 1.67. The van der Waals surface area contributed by atoms with Crippen LogP contribution in [0.15, 0.2) is 6.20 Å². The Morgan fingerprint density at radius 2 is 2.00 bits per heavy atom. The van der Waals surface area contributed by atoms with E-state index in [9.17, 15) is 0 Å². The van der Waals surface area contributed by atoms with Crippen molar-refractivity contribution in [3.05, 3.63) is 11.9 Å². The van der Waals surface area contributed by atoms with Gasteiger partial charge in [-0.2, -0.15) is 5.10 Å². The zero-order valence-corrected chi connectivity index (χ0v) is 12.5. The van der Waals surface area contributed by atoms with Crippen molar-refractivity contribution in [2.45, 2.75) is 59.5 Å². The second-order valence-corrected chi connectivity index (χ2v) is 6.34. The minimum Gasteiger partial charge on any atom is -0.493 e. The maximum Gasteiger partial charge on any atom is 0.161 e. The maximum atomic E-state index is 6.32. The molecule has 4 heteroatoms. The monoisotopic (exact) mass is 253 g/mol. The third-order valence-corrected chi connectivity index (χ3v) is 3.06. The molecule has 1 heterocycles. The molecule has 1 aromatic heterocycles. The van der Waals surface area contributed by atoms with E-state index in [1.807, 2.05) is 4.68 Å². The van der Waals surface area contributed by atoms with E-state index in [0.29, 0.717) is 11.5 Å². The molecule has 1 rings (SSSR count). The van der Waals surface area contributed by atoms with Crippen molar-refractivity contribution in [1.82, 2.24) is 9.78 Å². The molecule has 2 N–H and O–H groups in total. The summed E-state index contributed by atoms with van der Waals surface area (Å²) in [5, 5.41) is 4.36. The van der Waals surface area contributed by atoms with E-state index in [4.69, 9.17) is 10.5 Å². The molecule has 0 fully saturated rings. The molecule has 104 valence electrons. The summed E-state index contributed by atoms with van der Waals surface area (Å²) >= 11 is 0.